The van der Waals surface area contributed by atoms with Crippen molar-refractivity contribution >= 4 is 17.4 Å². The van der Waals surface area contributed by atoms with E-state index in [0.29, 0.717) is 18.4 Å². The summed E-state index contributed by atoms with van der Waals surface area (Å²) >= 11 is 0. The van der Waals surface area contributed by atoms with E-state index in [4.69, 9.17) is 10.5 Å². The van der Waals surface area contributed by atoms with E-state index in [1.54, 1.807) is 18.1 Å². The van der Waals surface area contributed by atoms with Crippen LogP contribution in [0.4, 0.5) is 16.2 Å². The first-order valence-electron chi connectivity index (χ1n) is 8.52. The number of urea groups is 1. The maximum absolute atomic E-state index is 12.7. The van der Waals surface area contributed by atoms with Gasteiger partial charge >= 0.3 is 6.03 Å². The van der Waals surface area contributed by atoms with Crippen LogP contribution in [-0.2, 0) is 0 Å². The number of nitrogens with two attached hydrogens (primary N) is 1. The monoisotopic (exact) mass is 330 g/mol. The van der Waals surface area contributed by atoms with E-state index in [1.165, 1.54) is 19.3 Å². The molecule has 130 valence electrons. The quantitative estimate of drug-likeness (QED) is 0.865. The average Bonchev–Trinajstić information content (AvgIpc) is 3.10. The lowest BCUT2D eigenvalue weighted by atomic mass is 9.95. The highest BCUT2D eigenvalue weighted by Crippen LogP contribution is 2.30. The lowest BCUT2D eigenvalue weighted by Crippen LogP contribution is -2.45. The number of benzene rings is 1. The van der Waals surface area contributed by atoms with Gasteiger partial charge in [-0.15, -0.1) is 0 Å². The van der Waals surface area contributed by atoms with Crippen molar-refractivity contribution in [3.8, 4) is 5.75 Å². The number of hydrogen-bond acceptors (Lipinski definition) is 4. The largest absolute Gasteiger partial charge is 0.497 e. The molecule has 24 heavy (non-hydrogen) atoms. The van der Waals surface area contributed by atoms with Crippen molar-refractivity contribution in [2.75, 3.05) is 31.5 Å². The fourth-order valence-electron chi connectivity index (χ4n) is 3.45. The molecule has 6 nitrogen and oxygen atoms in total. The van der Waals surface area contributed by atoms with E-state index in [9.17, 15) is 4.79 Å². The minimum atomic E-state index is 0.0488. The summed E-state index contributed by atoms with van der Waals surface area (Å²) in [6, 6.07) is 5.99. The number of ether oxygens (including phenoxy) is 1. The predicted octanol–water partition coefficient (Wildman–Crippen LogP) is 3.21. The smallest absolute Gasteiger partial charge is 0.325 e. The molecule has 0 spiro atoms. The summed E-state index contributed by atoms with van der Waals surface area (Å²) in [4.78, 5) is 18.3. The van der Waals surface area contributed by atoms with Crippen LogP contribution in [0.1, 0.15) is 32.1 Å². The third-order valence-electron chi connectivity index (χ3n) is 4.95. The molecular weight excluding hydrogens is 304 g/mol. The zero-order chi connectivity index (χ0) is 17.1. The van der Waals surface area contributed by atoms with Gasteiger partial charge in [-0.2, -0.15) is 0 Å². The first-order chi connectivity index (χ1) is 11.6. The number of carbonyl (C=O) groups is 1. The number of amides is 2. The summed E-state index contributed by atoms with van der Waals surface area (Å²) in [5.74, 6) is 0.726. The highest BCUT2D eigenvalue weighted by molar-refractivity contribution is 5.78. The van der Waals surface area contributed by atoms with Gasteiger partial charge in [-0.3, -0.25) is 4.90 Å². The third-order valence-corrected chi connectivity index (χ3v) is 4.95. The Labute approximate surface area is 143 Å². The second-order valence-electron chi connectivity index (χ2n) is 6.49. The Morgan fingerprint density at radius 1 is 1.25 bits per heavy atom. The Morgan fingerprint density at radius 3 is 2.67 bits per heavy atom. The standard InChI is InChI=1S/C18H26N4O2/c1-20(14-6-4-3-5-7-14)18(23)22-11-10-21(13-22)17-9-8-15(24-2)12-16(17)19/h8-12,14H,3-7,13,19H2,1-2H3. The molecule has 1 fully saturated rings. The number of carbonyl (C=O) groups excluding carboxylic acids is 1. The second kappa shape index (κ2) is 7.03. The van der Waals surface area contributed by atoms with Gasteiger partial charge in [0.15, 0.2) is 0 Å². The van der Waals surface area contributed by atoms with Crippen LogP contribution in [0.25, 0.3) is 0 Å². The van der Waals surface area contributed by atoms with Gasteiger partial charge < -0.3 is 20.3 Å². The van der Waals surface area contributed by atoms with E-state index in [-0.39, 0.29) is 6.03 Å². The van der Waals surface area contributed by atoms with Gasteiger partial charge in [0, 0.05) is 31.6 Å². The van der Waals surface area contributed by atoms with Crippen molar-refractivity contribution in [2.45, 2.75) is 38.1 Å². The number of methoxy groups -OCH3 is 1. The Bertz CT molecular complexity index is 625. The number of rotatable bonds is 3. The fraction of sp³-hybridized carbons (Fsp3) is 0.500. The van der Waals surface area contributed by atoms with Crippen LogP contribution in [0.3, 0.4) is 0 Å². The third kappa shape index (κ3) is 3.27. The molecule has 2 amide bonds. The Balaban J connectivity index is 1.64. The topological polar surface area (TPSA) is 62.0 Å². The first kappa shape index (κ1) is 16.5. The van der Waals surface area contributed by atoms with Gasteiger partial charge in [-0.1, -0.05) is 19.3 Å². The second-order valence-corrected chi connectivity index (χ2v) is 6.49. The average molecular weight is 330 g/mol. The first-order valence-corrected chi connectivity index (χ1v) is 8.52. The molecule has 1 aromatic carbocycles. The molecule has 2 aliphatic rings. The molecule has 2 N–H and O–H groups in total. The molecule has 1 heterocycles. The van der Waals surface area contributed by atoms with Crippen molar-refractivity contribution in [1.29, 1.82) is 0 Å². The number of nitrogens with zero attached hydrogens (tertiary/aromatic N) is 3. The maximum Gasteiger partial charge on any atom is 0.325 e. The minimum Gasteiger partial charge on any atom is -0.497 e. The van der Waals surface area contributed by atoms with Gasteiger partial charge in [0.1, 0.15) is 12.4 Å². The molecule has 0 saturated heterocycles. The summed E-state index contributed by atoms with van der Waals surface area (Å²) in [7, 11) is 3.53. The van der Waals surface area contributed by atoms with Gasteiger partial charge in [0.25, 0.3) is 0 Å². The molecule has 0 radical (unpaired) electrons. The van der Waals surface area contributed by atoms with Crippen LogP contribution in [-0.4, -0.2) is 42.7 Å². The van der Waals surface area contributed by atoms with Crippen LogP contribution < -0.4 is 15.4 Å². The van der Waals surface area contributed by atoms with Crippen molar-refractivity contribution in [3.05, 3.63) is 30.6 Å². The van der Waals surface area contributed by atoms with Gasteiger partial charge in [-0.25, -0.2) is 4.79 Å². The van der Waals surface area contributed by atoms with Crippen LogP contribution in [0.15, 0.2) is 30.6 Å². The van der Waals surface area contributed by atoms with Crippen LogP contribution in [0, 0.1) is 0 Å². The zero-order valence-corrected chi connectivity index (χ0v) is 14.4. The Hall–Kier alpha value is -2.37. The molecule has 0 atom stereocenters. The van der Waals surface area contributed by atoms with Gasteiger partial charge in [-0.05, 0) is 25.0 Å². The van der Waals surface area contributed by atoms with Gasteiger partial charge in [0.2, 0.25) is 0 Å². The lowest BCUT2D eigenvalue weighted by Gasteiger charge is -2.33. The lowest BCUT2D eigenvalue weighted by molar-refractivity contribution is 0.151. The van der Waals surface area contributed by atoms with Crippen LogP contribution >= 0.6 is 0 Å². The van der Waals surface area contributed by atoms with Crippen molar-refractivity contribution < 1.29 is 9.53 Å². The summed E-state index contributed by atoms with van der Waals surface area (Å²) in [5, 5.41) is 0. The molecule has 1 aliphatic carbocycles. The summed E-state index contributed by atoms with van der Waals surface area (Å²) < 4.78 is 5.18. The number of nitrogen functional groups attached to an aromatic ring is 1. The molecule has 3 rings (SSSR count). The summed E-state index contributed by atoms with van der Waals surface area (Å²) in [5.41, 5.74) is 7.62. The molecule has 1 saturated carbocycles. The number of hydrogen-bond donors (Lipinski definition) is 1. The summed E-state index contributed by atoms with van der Waals surface area (Å²) in [6.07, 6.45) is 9.64. The van der Waals surface area contributed by atoms with Crippen LogP contribution in [0.2, 0.25) is 0 Å². The Morgan fingerprint density at radius 2 is 2.00 bits per heavy atom. The van der Waals surface area contributed by atoms with Crippen molar-refractivity contribution in [3.63, 3.8) is 0 Å². The van der Waals surface area contributed by atoms with Crippen molar-refractivity contribution in [2.24, 2.45) is 0 Å². The predicted molar refractivity (Wildman–Crippen MR) is 95.8 cm³/mol. The molecule has 0 unspecified atom stereocenters. The molecule has 6 heteroatoms. The van der Waals surface area contributed by atoms with Crippen molar-refractivity contribution in [1.82, 2.24) is 9.80 Å². The van der Waals surface area contributed by atoms with E-state index in [1.807, 2.05) is 41.4 Å². The van der Waals surface area contributed by atoms with E-state index >= 15 is 0 Å². The molecule has 1 aromatic rings. The summed E-state index contributed by atoms with van der Waals surface area (Å²) in [6.45, 7) is 0.479. The Kier molecular flexibility index (Phi) is 4.83. The number of anilines is 2. The highest BCUT2D eigenvalue weighted by atomic mass is 16.5. The molecule has 0 aromatic heterocycles. The van der Waals surface area contributed by atoms with Crippen LogP contribution in [0.5, 0.6) is 5.75 Å². The molecular formula is C18H26N4O2. The molecule has 1 aliphatic heterocycles. The minimum absolute atomic E-state index is 0.0488. The fourth-order valence-corrected chi connectivity index (χ4v) is 3.45. The van der Waals surface area contributed by atoms with Gasteiger partial charge in [0.05, 0.1) is 18.5 Å². The maximum atomic E-state index is 12.7. The SMILES string of the molecule is COc1ccc(N2C=CN(C(=O)N(C)C3CCCCC3)C2)c(N)c1. The molecule has 0 bridgehead atoms. The highest BCUT2D eigenvalue weighted by Gasteiger charge is 2.28. The zero-order valence-electron chi connectivity index (χ0n) is 14.4. The van der Waals surface area contributed by atoms with E-state index in [2.05, 4.69) is 0 Å². The van der Waals surface area contributed by atoms with E-state index < -0.39 is 0 Å². The van der Waals surface area contributed by atoms with E-state index in [0.717, 1.165) is 24.3 Å². The normalized spacial score (nSPS) is 18.1.